The van der Waals surface area contributed by atoms with E-state index in [1.165, 1.54) is 38.5 Å². The van der Waals surface area contributed by atoms with Gasteiger partial charge in [-0.1, -0.05) is 46.5 Å². The van der Waals surface area contributed by atoms with Crippen LogP contribution in [0.1, 0.15) is 59.3 Å². The maximum absolute atomic E-state index is 2.45. The maximum Gasteiger partial charge on any atom is -0.0386 e. The van der Waals surface area contributed by atoms with Crippen LogP contribution < -0.4 is 0 Å². The first-order chi connectivity index (χ1) is 5.77. The van der Waals surface area contributed by atoms with Crippen molar-refractivity contribution in [2.45, 2.75) is 59.3 Å². The molecular weight excluding hydrogens is 144 g/mol. The molecule has 0 heterocycles. The van der Waals surface area contributed by atoms with Gasteiger partial charge < -0.3 is 0 Å². The van der Waals surface area contributed by atoms with Crippen LogP contribution >= 0.6 is 0 Å². The van der Waals surface area contributed by atoms with Crippen LogP contribution in [0, 0.1) is 17.8 Å². The topological polar surface area (TPSA) is 0 Å². The fraction of sp³-hybridized carbons (Fsp3) is 1.00. The smallest absolute Gasteiger partial charge is 0.0386 e. The number of hydrogen-bond donors (Lipinski definition) is 0. The zero-order valence-electron chi connectivity index (χ0n) is 8.97. The largest absolute Gasteiger partial charge is 0.0654 e. The predicted octanol–water partition coefficient (Wildman–Crippen LogP) is 4.25. The van der Waals surface area contributed by atoms with Crippen molar-refractivity contribution in [1.29, 1.82) is 0 Å². The summed E-state index contributed by atoms with van der Waals surface area (Å²) >= 11 is 0. The van der Waals surface area contributed by atoms with Crippen molar-refractivity contribution in [1.82, 2.24) is 0 Å². The van der Waals surface area contributed by atoms with Gasteiger partial charge >= 0.3 is 0 Å². The van der Waals surface area contributed by atoms with Crippen LogP contribution in [0.2, 0.25) is 0 Å². The van der Waals surface area contributed by atoms with Gasteiger partial charge in [-0.05, 0) is 30.6 Å². The van der Waals surface area contributed by atoms with Gasteiger partial charge in [-0.15, -0.1) is 0 Å². The molecule has 0 aromatic rings. The molecule has 3 unspecified atom stereocenters. The lowest BCUT2D eigenvalue weighted by molar-refractivity contribution is 0.330. The second kappa shape index (κ2) is 4.89. The normalized spacial score (nSPS) is 32.2. The molecule has 0 heteroatoms. The SMILES string of the molecule is CCCC(C)C1CCC(CC)C1. The molecule has 0 saturated heterocycles. The van der Waals surface area contributed by atoms with Gasteiger partial charge in [0.25, 0.3) is 0 Å². The van der Waals surface area contributed by atoms with Gasteiger partial charge in [-0.3, -0.25) is 0 Å². The zero-order valence-corrected chi connectivity index (χ0v) is 8.97. The second-order valence-electron chi connectivity index (χ2n) is 4.61. The van der Waals surface area contributed by atoms with Crippen molar-refractivity contribution < 1.29 is 0 Å². The Kier molecular flexibility index (Phi) is 4.11. The van der Waals surface area contributed by atoms with E-state index in [0.29, 0.717) is 0 Å². The van der Waals surface area contributed by atoms with Crippen LogP contribution in [0.25, 0.3) is 0 Å². The maximum atomic E-state index is 2.45. The van der Waals surface area contributed by atoms with Crippen LogP contribution in [0.4, 0.5) is 0 Å². The predicted molar refractivity (Wildman–Crippen MR) is 55.2 cm³/mol. The summed E-state index contributed by atoms with van der Waals surface area (Å²) in [6.45, 7) is 7.10. The van der Waals surface area contributed by atoms with Crippen LogP contribution in [0.15, 0.2) is 0 Å². The average Bonchev–Trinajstić information content (AvgIpc) is 2.52. The van der Waals surface area contributed by atoms with Gasteiger partial charge in [0.2, 0.25) is 0 Å². The highest BCUT2D eigenvalue weighted by molar-refractivity contribution is 4.78. The molecule has 1 saturated carbocycles. The average molecular weight is 168 g/mol. The van der Waals surface area contributed by atoms with Crippen LogP contribution in [-0.4, -0.2) is 0 Å². The fourth-order valence-electron chi connectivity index (χ4n) is 2.69. The van der Waals surface area contributed by atoms with Crippen molar-refractivity contribution in [3.8, 4) is 0 Å². The molecular formula is C12H24. The van der Waals surface area contributed by atoms with Gasteiger partial charge in [0.05, 0.1) is 0 Å². The van der Waals surface area contributed by atoms with E-state index in [9.17, 15) is 0 Å². The van der Waals surface area contributed by atoms with Gasteiger partial charge in [0.15, 0.2) is 0 Å². The highest BCUT2D eigenvalue weighted by Crippen LogP contribution is 2.38. The molecule has 1 aliphatic carbocycles. The van der Waals surface area contributed by atoms with E-state index in [4.69, 9.17) is 0 Å². The summed E-state index contributed by atoms with van der Waals surface area (Å²) in [7, 11) is 0. The highest BCUT2D eigenvalue weighted by atomic mass is 14.3. The first-order valence-electron chi connectivity index (χ1n) is 5.77. The Morgan fingerprint density at radius 3 is 2.50 bits per heavy atom. The summed E-state index contributed by atoms with van der Waals surface area (Å²) in [6, 6.07) is 0. The van der Waals surface area contributed by atoms with Crippen molar-refractivity contribution in [3.63, 3.8) is 0 Å². The van der Waals surface area contributed by atoms with Crippen LogP contribution in [0.3, 0.4) is 0 Å². The third-order valence-electron chi connectivity index (χ3n) is 3.71. The van der Waals surface area contributed by atoms with E-state index in [1.54, 1.807) is 0 Å². The lowest BCUT2D eigenvalue weighted by Crippen LogP contribution is -2.07. The van der Waals surface area contributed by atoms with Gasteiger partial charge in [-0.2, -0.15) is 0 Å². The molecule has 0 N–H and O–H groups in total. The molecule has 0 radical (unpaired) electrons. The van der Waals surface area contributed by atoms with Crippen LogP contribution in [-0.2, 0) is 0 Å². The molecule has 0 aromatic carbocycles. The van der Waals surface area contributed by atoms with Gasteiger partial charge in [0, 0.05) is 0 Å². The fourth-order valence-corrected chi connectivity index (χ4v) is 2.69. The Morgan fingerprint density at radius 2 is 2.00 bits per heavy atom. The molecule has 3 atom stereocenters. The van der Waals surface area contributed by atoms with Crippen molar-refractivity contribution in [3.05, 3.63) is 0 Å². The minimum Gasteiger partial charge on any atom is -0.0654 e. The molecule has 0 aliphatic heterocycles. The lowest BCUT2D eigenvalue weighted by atomic mass is 9.88. The molecule has 0 spiro atoms. The molecule has 0 nitrogen and oxygen atoms in total. The molecule has 1 rings (SSSR count). The molecule has 1 fully saturated rings. The summed E-state index contributed by atoms with van der Waals surface area (Å²) in [5, 5.41) is 0. The number of hydrogen-bond acceptors (Lipinski definition) is 0. The Balaban J connectivity index is 2.25. The summed E-state index contributed by atoms with van der Waals surface area (Å²) in [5.41, 5.74) is 0. The molecule has 1 aliphatic rings. The number of rotatable bonds is 4. The molecule has 0 bridgehead atoms. The quantitative estimate of drug-likeness (QED) is 0.588. The lowest BCUT2D eigenvalue weighted by Gasteiger charge is -2.18. The summed E-state index contributed by atoms with van der Waals surface area (Å²) in [6.07, 6.45) is 8.78. The highest BCUT2D eigenvalue weighted by Gasteiger charge is 2.26. The van der Waals surface area contributed by atoms with E-state index < -0.39 is 0 Å². The Morgan fingerprint density at radius 1 is 1.25 bits per heavy atom. The minimum atomic E-state index is 0.992. The van der Waals surface area contributed by atoms with E-state index in [1.807, 2.05) is 0 Å². The molecule has 0 aromatic heterocycles. The molecule has 0 amide bonds. The van der Waals surface area contributed by atoms with Gasteiger partial charge in [0.1, 0.15) is 0 Å². The third kappa shape index (κ3) is 2.50. The van der Waals surface area contributed by atoms with Crippen LogP contribution in [0.5, 0.6) is 0 Å². The second-order valence-corrected chi connectivity index (χ2v) is 4.61. The monoisotopic (exact) mass is 168 g/mol. The van der Waals surface area contributed by atoms with E-state index >= 15 is 0 Å². The van der Waals surface area contributed by atoms with Gasteiger partial charge in [-0.25, -0.2) is 0 Å². The van der Waals surface area contributed by atoms with E-state index in [2.05, 4.69) is 20.8 Å². The standard InChI is InChI=1S/C12H24/c1-4-6-10(3)12-8-7-11(5-2)9-12/h10-12H,4-9H2,1-3H3. The van der Waals surface area contributed by atoms with E-state index in [0.717, 1.165) is 17.8 Å². The first kappa shape index (κ1) is 10.1. The van der Waals surface area contributed by atoms with Crippen molar-refractivity contribution in [2.24, 2.45) is 17.8 Å². The zero-order chi connectivity index (χ0) is 8.97. The molecule has 12 heavy (non-hydrogen) atoms. The summed E-state index contributed by atoms with van der Waals surface area (Å²) < 4.78 is 0. The van der Waals surface area contributed by atoms with E-state index in [-0.39, 0.29) is 0 Å². The Hall–Kier alpha value is 0. The first-order valence-corrected chi connectivity index (χ1v) is 5.77. The molecule has 72 valence electrons. The minimum absolute atomic E-state index is 0.992. The Bertz CT molecular complexity index is 117. The summed E-state index contributed by atoms with van der Waals surface area (Å²) in [5.74, 6) is 3.12. The van der Waals surface area contributed by atoms with Crippen molar-refractivity contribution in [2.75, 3.05) is 0 Å². The Labute approximate surface area is 77.7 Å². The summed E-state index contributed by atoms with van der Waals surface area (Å²) in [4.78, 5) is 0. The van der Waals surface area contributed by atoms with Crippen molar-refractivity contribution >= 4 is 0 Å². The third-order valence-corrected chi connectivity index (χ3v) is 3.71.